The highest BCUT2D eigenvalue weighted by molar-refractivity contribution is 4.47. The summed E-state index contributed by atoms with van der Waals surface area (Å²) in [5.74, 6) is 0. The molecule has 0 atom stereocenters. The van der Waals surface area contributed by atoms with Crippen LogP contribution in [0.1, 0.15) is 77.6 Å². The molecule has 0 aromatic carbocycles. The van der Waals surface area contributed by atoms with Crippen molar-refractivity contribution >= 4 is 0 Å². The van der Waals surface area contributed by atoms with E-state index in [4.69, 9.17) is 1.41 Å². The second-order valence-electron chi connectivity index (χ2n) is 4.29. The molecular formula is C13H29N. The van der Waals surface area contributed by atoms with Gasteiger partial charge in [-0.2, -0.15) is 0 Å². The molecule has 0 aliphatic heterocycles. The van der Waals surface area contributed by atoms with E-state index < -0.39 is 0 Å². The van der Waals surface area contributed by atoms with Gasteiger partial charge in [-0.3, -0.25) is 0 Å². The van der Waals surface area contributed by atoms with Crippen molar-refractivity contribution in [1.29, 1.82) is 0 Å². The lowest BCUT2D eigenvalue weighted by molar-refractivity contribution is 0.551. The Morgan fingerprint density at radius 3 is 1.57 bits per heavy atom. The summed E-state index contributed by atoms with van der Waals surface area (Å²) < 4.78 is 6.78. The molecule has 0 aromatic heterocycles. The predicted molar refractivity (Wildman–Crippen MR) is 65.5 cm³/mol. The molecule has 0 heterocycles. The Balaban J connectivity index is 2.81. The summed E-state index contributed by atoms with van der Waals surface area (Å²) in [6.45, 7) is 3.13. The van der Waals surface area contributed by atoms with Gasteiger partial charge < -0.3 is 5.73 Å². The van der Waals surface area contributed by atoms with E-state index >= 15 is 0 Å². The van der Waals surface area contributed by atoms with E-state index in [-0.39, 0.29) is 0 Å². The van der Waals surface area contributed by atoms with Crippen LogP contribution in [0.15, 0.2) is 0 Å². The first-order valence-corrected chi connectivity index (χ1v) is 6.56. The molecule has 0 bridgehead atoms. The number of hydrogen-bond donors (Lipinski definition) is 1. The number of hydrogen-bond acceptors (Lipinski definition) is 1. The number of nitrogens with two attached hydrogens (primary N) is 1. The van der Waals surface area contributed by atoms with Crippen molar-refractivity contribution in [3.8, 4) is 0 Å². The van der Waals surface area contributed by atoms with Gasteiger partial charge in [0.1, 0.15) is 1.41 Å². The zero-order valence-electron chi connectivity index (χ0n) is 11.0. The second kappa shape index (κ2) is 13.0. The lowest BCUT2D eigenvalue weighted by atomic mass is 10.1. The minimum atomic E-state index is 0.858. The van der Waals surface area contributed by atoms with Crippen molar-refractivity contribution in [3.05, 3.63) is 0 Å². The largest absolute Gasteiger partial charge is 0.330 e. The van der Waals surface area contributed by atoms with Crippen molar-refractivity contribution in [2.24, 2.45) is 5.73 Å². The SMILES string of the molecule is [2H]NCCCCCCCCCCCCC. The Morgan fingerprint density at radius 1 is 0.714 bits per heavy atom. The van der Waals surface area contributed by atoms with Gasteiger partial charge in [0.05, 0.1) is 0 Å². The molecule has 0 saturated carbocycles. The minimum Gasteiger partial charge on any atom is -0.330 e. The molecule has 1 nitrogen and oxygen atoms in total. The Bertz CT molecular complexity index is 94.7. The molecular weight excluding hydrogens is 170 g/mol. The normalized spacial score (nSPS) is 11.6. The molecule has 0 aliphatic carbocycles. The standard InChI is InChI=1S/C13H29N/c1-2-3-4-5-6-7-8-9-10-11-12-13-14/h2-14H2,1H3/i/hD. The van der Waals surface area contributed by atoms with Crippen molar-refractivity contribution in [2.75, 3.05) is 6.54 Å². The molecule has 0 spiro atoms. The van der Waals surface area contributed by atoms with E-state index in [1.165, 1.54) is 70.6 Å². The molecule has 0 unspecified atom stereocenters. The van der Waals surface area contributed by atoms with E-state index in [2.05, 4.69) is 12.7 Å². The predicted octanol–water partition coefficient (Wildman–Crippen LogP) is 4.26. The average Bonchev–Trinajstić information content (AvgIpc) is 2.26. The molecule has 86 valence electrons. The summed E-state index contributed by atoms with van der Waals surface area (Å²) in [4.78, 5) is 0. The summed E-state index contributed by atoms with van der Waals surface area (Å²) in [7, 11) is 0. The fourth-order valence-corrected chi connectivity index (χ4v) is 1.79. The van der Waals surface area contributed by atoms with Crippen LogP contribution < -0.4 is 5.73 Å². The molecule has 0 radical (unpaired) electrons. The van der Waals surface area contributed by atoms with E-state index in [1.807, 2.05) is 0 Å². The molecule has 0 saturated heterocycles. The molecule has 1 heteroatoms. The van der Waals surface area contributed by atoms with Crippen LogP contribution in [0.2, 0.25) is 1.41 Å². The summed E-state index contributed by atoms with van der Waals surface area (Å²) in [6, 6.07) is 0. The Labute approximate surface area is 91.9 Å². The van der Waals surface area contributed by atoms with Crippen LogP contribution in [-0.4, -0.2) is 6.54 Å². The molecule has 0 amide bonds. The lowest BCUT2D eigenvalue weighted by Gasteiger charge is -2.01. The highest BCUT2D eigenvalue weighted by atomic mass is 14.5. The smallest absolute Gasteiger partial charge is 0.118 e. The summed E-state index contributed by atoms with van der Waals surface area (Å²) in [5, 5.41) is 0. The van der Waals surface area contributed by atoms with Crippen molar-refractivity contribution in [2.45, 2.75) is 77.6 Å². The van der Waals surface area contributed by atoms with Crippen molar-refractivity contribution in [3.63, 3.8) is 0 Å². The fourth-order valence-electron chi connectivity index (χ4n) is 1.79. The van der Waals surface area contributed by atoms with Crippen LogP contribution in [0, 0.1) is 0 Å². The minimum absolute atomic E-state index is 0.858. The maximum atomic E-state index is 6.78. The first-order valence-electron chi connectivity index (χ1n) is 7.06. The Morgan fingerprint density at radius 2 is 1.14 bits per heavy atom. The molecule has 0 rings (SSSR count). The van der Waals surface area contributed by atoms with Crippen molar-refractivity contribution in [1.82, 2.24) is 0 Å². The highest BCUT2D eigenvalue weighted by Crippen LogP contribution is 2.10. The van der Waals surface area contributed by atoms with Crippen LogP contribution >= 0.6 is 0 Å². The average molecular weight is 200 g/mol. The lowest BCUT2D eigenvalue weighted by Crippen LogP contribution is -1.97. The van der Waals surface area contributed by atoms with Gasteiger partial charge in [0, 0.05) is 0 Å². The van der Waals surface area contributed by atoms with E-state index in [1.54, 1.807) is 0 Å². The van der Waals surface area contributed by atoms with E-state index in [9.17, 15) is 0 Å². The Kier molecular flexibility index (Phi) is 11.1. The quantitative estimate of drug-likeness (QED) is 0.468. The first kappa shape index (κ1) is 12.0. The first-order chi connectivity index (χ1) is 7.41. The van der Waals surface area contributed by atoms with Gasteiger partial charge in [0.2, 0.25) is 0 Å². The van der Waals surface area contributed by atoms with Crippen molar-refractivity contribution < 1.29 is 1.41 Å². The zero-order valence-corrected chi connectivity index (χ0v) is 9.99. The molecule has 2 N–H and O–H groups in total. The third-order valence-electron chi connectivity index (χ3n) is 2.78. The fraction of sp³-hybridized carbons (Fsp3) is 1.00. The Hall–Kier alpha value is -0.0400. The number of rotatable bonds is 12. The summed E-state index contributed by atoms with van der Waals surface area (Å²) >= 11 is 0. The van der Waals surface area contributed by atoms with Gasteiger partial charge in [0.25, 0.3) is 0 Å². The number of unbranched alkanes of at least 4 members (excludes halogenated alkanes) is 10. The van der Waals surface area contributed by atoms with E-state index in [0.717, 1.165) is 6.54 Å². The topological polar surface area (TPSA) is 26.0 Å². The van der Waals surface area contributed by atoms with Crippen LogP contribution in [0.25, 0.3) is 0 Å². The van der Waals surface area contributed by atoms with Gasteiger partial charge >= 0.3 is 0 Å². The van der Waals surface area contributed by atoms with E-state index in [0.29, 0.717) is 0 Å². The zero-order chi connectivity index (χ0) is 11.2. The van der Waals surface area contributed by atoms with Gasteiger partial charge in [-0.05, 0) is 13.0 Å². The highest BCUT2D eigenvalue weighted by Gasteiger charge is 1.91. The van der Waals surface area contributed by atoms with Crippen LogP contribution in [0.4, 0.5) is 0 Å². The molecule has 14 heavy (non-hydrogen) atoms. The monoisotopic (exact) mass is 200 g/mol. The van der Waals surface area contributed by atoms with Gasteiger partial charge in [0.15, 0.2) is 0 Å². The van der Waals surface area contributed by atoms with Crippen LogP contribution in [0.5, 0.6) is 0 Å². The molecule has 0 aliphatic rings. The molecule has 0 fully saturated rings. The maximum absolute atomic E-state index is 6.78. The van der Waals surface area contributed by atoms with Gasteiger partial charge in [-0.15, -0.1) is 0 Å². The van der Waals surface area contributed by atoms with Gasteiger partial charge in [-0.25, -0.2) is 0 Å². The van der Waals surface area contributed by atoms with Gasteiger partial charge in [-0.1, -0.05) is 71.1 Å². The summed E-state index contributed by atoms with van der Waals surface area (Å²) in [6.07, 6.45) is 15.1. The third-order valence-corrected chi connectivity index (χ3v) is 2.78. The summed E-state index contributed by atoms with van der Waals surface area (Å²) in [5.41, 5.74) is 2.45. The molecule has 0 aromatic rings. The second-order valence-corrected chi connectivity index (χ2v) is 4.29. The van der Waals surface area contributed by atoms with Crippen LogP contribution in [-0.2, 0) is 0 Å². The maximum Gasteiger partial charge on any atom is 0.118 e. The third kappa shape index (κ3) is 12.0. The van der Waals surface area contributed by atoms with Crippen LogP contribution in [0.3, 0.4) is 0 Å².